The van der Waals surface area contributed by atoms with E-state index < -0.39 is 0 Å². The lowest BCUT2D eigenvalue weighted by molar-refractivity contribution is 0.0978. The van der Waals surface area contributed by atoms with Crippen molar-refractivity contribution in [1.82, 2.24) is 0 Å². The first-order chi connectivity index (χ1) is 13.5. The van der Waals surface area contributed by atoms with E-state index in [0.29, 0.717) is 27.9 Å². The van der Waals surface area contributed by atoms with Gasteiger partial charge in [0.05, 0.1) is 11.3 Å². The summed E-state index contributed by atoms with van der Waals surface area (Å²) in [6.45, 7) is 5.76. The highest BCUT2D eigenvalue weighted by molar-refractivity contribution is 6.30. The molecule has 1 amide bonds. The number of benzene rings is 3. The lowest BCUT2D eigenvalue weighted by Gasteiger charge is -2.20. The second kappa shape index (κ2) is 6.74. The minimum atomic E-state index is -0.351. The van der Waals surface area contributed by atoms with E-state index in [2.05, 4.69) is 11.9 Å². The van der Waals surface area contributed by atoms with Crippen molar-refractivity contribution in [3.8, 4) is 0 Å². The van der Waals surface area contributed by atoms with Gasteiger partial charge in [0.1, 0.15) is 0 Å². The summed E-state index contributed by atoms with van der Waals surface area (Å²) in [5.41, 5.74) is 3.77. The number of fused-ring (bicyclic) bond motifs is 2. The first-order valence-corrected chi connectivity index (χ1v) is 8.86. The SMILES string of the molecule is C=C(C)c1cccc(C(=O)Nc2cccc3c2C(=O)c2ccccc2C3=O)c1. The molecule has 0 aliphatic heterocycles. The number of amides is 1. The molecule has 28 heavy (non-hydrogen) atoms. The number of allylic oxidation sites excluding steroid dienone is 1. The number of hydrogen-bond donors (Lipinski definition) is 1. The Morgan fingerprint density at radius 2 is 1.39 bits per heavy atom. The van der Waals surface area contributed by atoms with Gasteiger partial charge in [0.2, 0.25) is 0 Å². The average molecular weight is 367 g/mol. The topological polar surface area (TPSA) is 63.2 Å². The number of ketones is 2. The highest BCUT2D eigenvalue weighted by atomic mass is 16.2. The molecule has 1 N–H and O–H groups in total. The largest absolute Gasteiger partial charge is 0.321 e. The van der Waals surface area contributed by atoms with Crippen molar-refractivity contribution in [3.63, 3.8) is 0 Å². The number of rotatable bonds is 3. The van der Waals surface area contributed by atoms with Gasteiger partial charge < -0.3 is 5.32 Å². The van der Waals surface area contributed by atoms with E-state index in [9.17, 15) is 14.4 Å². The van der Waals surface area contributed by atoms with Gasteiger partial charge in [-0.05, 0) is 30.7 Å². The van der Waals surface area contributed by atoms with Gasteiger partial charge in [0.15, 0.2) is 11.6 Å². The first kappa shape index (κ1) is 17.6. The molecule has 3 aromatic rings. The summed E-state index contributed by atoms with van der Waals surface area (Å²) >= 11 is 0. The van der Waals surface area contributed by atoms with Crippen molar-refractivity contribution in [3.05, 3.63) is 107 Å². The van der Waals surface area contributed by atoms with Crippen LogP contribution in [0.25, 0.3) is 5.57 Å². The Morgan fingerprint density at radius 1 is 0.786 bits per heavy atom. The van der Waals surface area contributed by atoms with Crippen LogP contribution in [0.5, 0.6) is 0 Å². The molecule has 0 saturated carbocycles. The Labute approximate surface area is 162 Å². The van der Waals surface area contributed by atoms with E-state index in [0.717, 1.165) is 11.1 Å². The summed E-state index contributed by atoms with van der Waals surface area (Å²) in [6.07, 6.45) is 0. The summed E-state index contributed by atoms with van der Waals surface area (Å²) in [7, 11) is 0. The van der Waals surface area contributed by atoms with Crippen molar-refractivity contribution in [2.24, 2.45) is 0 Å². The summed E-state index contributed by atoms with van der Waals surface area (Å²) < 4.78 is 0. The van der Waals surface area contributed by atoms with Crippen LogP contribution in [0.15, 0.2) is 73.3 Å². The Balaban J connectivity index is 1.74. The minimum absolute atomic E-state index is 0.217. The zero-order chi connectivity index (χ0) is 19.8. The Morgan fingerprint density at radius 3 is 2.11 bits per heavy atom. The van der Waals surface area contributed by atoms with Gasteiger partial charge >= 0.3 is 0 Å². The lowest BCUT2D eigenvalue weighted by atomic mass is 9.83. The molecular formula is C24H17NO3. The molecule has 1 aliphatic carbocycles. The maximum Gasteiger partial charge on any atom is 0.255 e. The summed E-state index contributed by atoms with van der Waals surface area (Å²) in [4.78, 5) is 38.6. The smallest absolute Gasteiger partial charge is 0.255 e. The maximum atomic E-state index is 13.0. The molecule has 0 saturated heterocycles. The monoisotopic (exact) mass is 367 g/mol. The fourth-order valence-electron chi connectivity index (χ4n) is 3.37. The standard InChI is InChI=1S/C24H17NO3/c1-14(2)15-7-5-8-16(13-15)24(28)25-20-12-6-11-19-21(20)23(27)18-10-4-3-9-17(18)22(19)26/h3-13H,1H2,2H3,(H,25,28). The molecule has 0 radical (unpaired) electrons. The van der Waals surface area contributed by atoms with Crippen LogP contribution in [0.4, 0.5) is 5.69 Å². The maximum absolute atomic E-state index is 13.0. The van der Waals surface area contributed by atoms with Gasteiger partial charge in [-0.2, -0.15) is 0 Å². The Hall–Kier alpha value is -3.79. The van der Waals surface area contributed by atoms with Gasteiger partial charge in [-0.3, -0.25) is 14.4 Å². The van der Waals surface area contributed by atoms with Crippen LogP contribution < -0.4 is 5.32 Å². The highest BCUT2D eigenvalue weighted by Crippen LogP contribution is 2.32. The van der Waals surface area contributed by atoms with Crippen LogP contribution in [0.2, 0.25) is 0 Å². The fraction of sp³-hybridized carbons (Fsp3) is 0.0417. The summed E-state index contributed by atoms with van der Waals surface area (Å²) in [5.74, 6) is -0.835. The van der Waals surface area contributed by atoms with Gasteiger partial charge in [0.25, 0.3) is 5.91 Å². The van der Waals surface area contributed by atoms with Crippen molar-refractivity contribution < 1.29 is 14.4 Å². The molecule has 3 aromatic carbocycles. The molecule has 1 aliphatic rings. The molecule has 4 heteroatoms. The minimum Gasteiger partial charge on any atom is -0.321 e. The third-order valence-electron chi connectivity index (χ3n) is 4.82. The second-order valence-electron chi connectivity index (χ2n) is 6.75. The van der Waals surface area contributed by atoms with Crippen LogP contribution >= 0.6 is 0 Å². The van der Waals surface area contributed by atoms with Gasteiger partial charge in [-0.1, -0.05) is 60.7 Å². The van der Waals surface area contributed by atoms with E-state index in [-0.39, 0.29) is 23.0 Å². The molecule has 0 bridgehead atoms. The van der Waals surface area contributed by atoms with Gasteiger partial charge in [0, 0.05) is 22.3 Å². The fourth-order valence-corrected chi connectivity index (χ4v) is 3.37. The van der Waals surface area contributed by atoms with E-state index in [1.54, 1.807) is 60.7 Å². The van der Waals surface area contributed by atoms with E-state index >= 15 is 0 Å². The van der Waals surface area contributed by atoms with Crippen LogP contribution in [-0.2, 0) is 0 Å². The molecule has 4 nitrogen and oxygen atoms in total. The number of nitrogens with one attached hydrogen (secondary N) is 1. The van der Waals surface area contributed by atoms with Crippen molar-refractivity contribution >= 4 is 28.7 Å². The number of carbonyl (C=O) groups is 3. The van der Waals surface area contributed by atoms with Crippen LogP contribution in [0.3, 0.4) is 0 Å². The molecule has 136 valence electrons. The molecule has 0 aromatic heterocycles. The second-order valence-corrected chi connectivity index (χ2v) is 6.75. The van der Waals surface area contributed by atoms with E-state index in [1.165, 1.54) is 0 Å². The van der Waals surface area contributed by atoms with Crippen LogP contribution in [-0.4, -0.2) is 17.5 Å². The van der Waals surface area contributed by atoms with Crippen molar-refractivity contribution in [1.29, 1.82) is 0 Å². The quantitative estimate of drug-likeness (QED) is 0.568. The average Bonchev–Trinajstić information content (AvgIpc) is 2.72. The molecule has 0 fully saturated rings. The third kappa shape index (κ3) is 2.85. The van der Waals surface area contributed by atoms with Crippen molar-refractivity contribution in [2.75, 3.05) is 5.32 Å². The highest BCUT2D eigenvalue weighted by Gasteiger charge is 2.31. The lowest BCUT2D eigenvalue weighted by Crippen LogP contribution is -2.23. The summed E-state index contributed by atoms with van der Waals surface area (Å²) in [5, 5.41) is 2.79. The molecule has 0 atom stereocenters. The molecule has 0 spiro atoms. The van der Waals surface area contributed by atoms with E-state index in [4.69, 9.17) is 0 Å². The first-order valence-electron chi connectivity index (χ1n) is 8.86. The Kier molecular flexibility index (Phi) is 4.24. The summed E-state index contributed by atoms with van der Waals surface area (Å²) in [6, 6.07) is 18.7. The molecule has 4 rings (SSSR count). The third-order valence-corrected chi connectivity index (χ3v) is 4.82. The van der Waals surface area contributed by atoms with Crippen molar-refractivity contribution in [2.45, 2.75) is 6.92 Å². The zero-order valence-corrected chi connectivity index (χ0v) is 15.3. The van der Waals surface area contributed by atoms with Crippen LogP contribution in [0.1, 0.15) is 54.7 Å². The number of hydrogen-bond acceptors (Lipinski definition) is 3. The predicted octanol–water partition coefficient (Wildman–Crippen LogP) is 4.75. The normalized spacial score (nSPS) is 12.2. The van der Waals surface area contributed by atoms with Gasteiger partial charge in [-0.25, -0.2) is 0 Å². The predicted molar refractivity (Wildman–Crippen MR) is 109 cm³/mol. The number of anilines is 1. The number of carbonyl (C=O) groups excluding carboxylic acids is 3. The molecule has 0 heterocycles. The molecular weight excluding hydrogens is 350 g/mol. The van der Waals surface area contributed by atoms with Gasteiger partial charge in [-0.15, -0.1) is 0 Å². The van der Waals surface area contributed by atoms with Crippen LogP contribution in [0, 0.1) is 0 Å². The van der Waals surface area contributed by atoms with E-state index in [1.807, 2.05) is 13.0 Å². The molecule has 0 unspecified atom stereocenters. The zero-order valence-electron chi connectivity index (χ0n) is 15.3. The Bertz CT molecular complexity index is 1170.